The van der Waals surface area contributed by atoms with E-state index in [-0.39, 0.29) is 24.6 Å². The zero-order chi connectivity index (χ0) is 12.0. The minimum atomic E-state index is -0.303. The molecule has 3 heteroatoms. The second-order valence-electron chi connectivity index (χ2n) is 3.84. The second kappa shape index (κ2) is 6.38. The Kier molecular flexibility index (Phi) is 5.12. The summed E-state index contributed by atoms with van der Waals surface area (Å²) in [6.45, 7) is 4.56. The number of hydrogen-bond acceptors (Lipinski definition) is 2. The molecule has 1 aromatic carbocycles. The van der Waals surface area contributed by atoms with E-state index >= 15 is 0 Å². The molecular weight excluding hydrogens is 207 g/mol. The van der Waals surface area contributed by atoms with Crippen molar-refractivity contribution < 1.29 is 13.9 Å². The molecule has 0 amide bonds. The maximum Gasteiger partial charge on any atom is 0.162 e. The molecule has 0 saturated carbocycles. The van der Waals surface area contributed by atoms with E-state index in [0.29, 0.717) is 6.61 Å². The first-order chi connectivity index (χ1) is 7.63. The summed E-state index contributed by atoms with van der Waals surface area (Å²) < 4.78 is 18.1. The standard InChI is InChI=1S/C13H17FO2/c1-3-6-16-9-13(15)8-11-7-12(14)5-4-10(11)2/h4-5,7H,3,6,8-9H2,1-2H3. The number of halogens is 1. The van der Waals surface area contributed by atoms with Crippen molar-refractivity contribution in [1.29, 1.82) is 0 Å². The van der Waals surface area contributed by atoms with E-state index in [1.807, 2.05) is 13.8 Å². The molecular formula is C13H17FO2. The predicted molar refractivity (Wildman–Crippen MR) is 61.0 cm³/mol. The average Bonchev–Trinajstić information content (AvgIpc) is 2.24. The number of aryl methyl sites for hydroxylation is 1. The number of Topliss-reactive ketones (excluding diaryl/α,β-unsaturated/α-hetero) is 1. The summed E-state index contributed by atoms with van der Waals surface area (Å²) in [5.74, 6) is -0.315. The van der Waals surface area contributed by atoms with Crippen molar-refractivity contribution in [2.24, 2.45) is 0 Å². The fourth-order valence-electron chi connectivity index (χ4n) is 1.42. The van der Waals surface area contributed by atoms with E-state index in [2.05, 4.69) is 0 Å². The van der Waals surface area contributed by atoms with Gasteiger partial charge in [-0.15, -0.1) is 0 Å². The lowest BCUT2D eigenvalue weighted by atomic mass is 10.0. The van der Waals surface area contributed by atoms with Gasteiger partial charge in [-0.1, -0.05) is 13.0 Å². The molecule has 0 aliphatic carbocycles. The van der Waals surface area contributed by atoms with Gasteiger partial charge in [0.25, 0.3) is 0 Å². The Morgan fingerprint density at radius 1 is 1.44 bits per heavy atom. The molecule has 1 aromatic rings. The molecule has 88 valence electrons. The largest absolute Gasteiger partial charge is 0.374 e. The van der Waals surface area contributed by atoms with Crippen molar-refractivity contribution in [3.05, 3.63) is 35.1 Å². The second-order valence-corrected chi connectivity index (χ2v) is 3.84. The summed E-state index contributed by atoms with van der Waals surface area (Å²) in [5, 5.41) is 0. The van der Waals surface area contributed by atoms with Crippen molar-refractivity contribution in [3.8, 4) is 0 Å². The Morgan fingerprint density at radius 2 is 2.19 bits per heavy atom. The first-order valence-corrected chi connectivity index (χ1v) is 5.48. The molecule has 0 unspecified atom stereocenters. The summed E-state index contributed by atoms with van der Waals surface area (Å²) in [6.07, 6.45) is 1.14. The molecule has 0 aromatic heterocycles. The predicted octanol–water partition coefficient (Wildman–Crippen LogP) is 2.67. The number of hydrogen-bond donors (Lipinski definition) is 0. The lowest BCUT2D eigenvalue weighted by Gasteiger charge is -2.05. The van der Waals surface area contributed by atoms with E-state index in [1.165, 1.54) is 12.1 Å². The van der Waals surface area contributed by atoms with Crippen molar-refractivity contribution in [2.75, 3.05) is 13.2 Å². The summed E-state index contributed by atoms with van der Waals surface area (Å²) in [5.41, 5.74) is 1.68. The zero-order valence-electron chi connectivity index (χ0n) is 9.75. The van der Waals surface area contributed by atoms with Gasteiger partial charge in [-0.05, 0) is 36.6 Å². The van der Waals surface area contributed by atoms with Crippen LogP contribution in [0.4, 0.5) is 4.39 Å². The van der Waals surface area contributed by atoms with Gasteiger partial charge in [0.2, 0.25) is 0 Å². The molecule has 16 heavy (non-hydrogen) atoms. The highest BCUT2D eigenvalue weighted by Crippen LogP contribution is 2.11. The number of benzene rings is 1. The van der Waals surface area contributed by atoms with Crippen molar-refractivity contribution in [3.63, 3.8) is 0 Å². The fourth-order valence-corrected chi connectivity index (χ4v) is 1.42. The monoisotopic (exact) mass is 224 g/mol. The quantitative estimate of drug-likeness (QED) is 0.694. The van der Waals surface area contributed by atoms with E-state index in [4.69, 9.17) is 4.74 Å². The molecule has 0 atom stereocenters. The minimum absolute atomic E-state index is 0.0119. The van der Waals surface area contributed by atoms with Crippen LogP contribution in [0.2, 0.25) is 0 Å². The number of ketones is 1. The molecule has 2 nitrogen and oxygen atoms in total. The molecule has 0 saturated heterocycles. The molecule has 0 radical (unpaired) electrons. The van der Waals surface area contributed by atoms with Crippen LogP contribution >= 0.6 is 0 Å². The SMILES string of the molecule is CCCOCC(=O)Cc1cc(F)ccc1C. The Morgan fingerprint density at radius 3 is 2.88 bits per heavy atom. The van der Waals surface area contributed by atoms with Crippen LogP contribution in [0.5, 0.6) is 0 Å². The number of rotatable bonds is 6. The van der Waals surface area contributed by atoms with Crippen molar-refractivity contribution >= 4 is 5.78 Å². The topological polar surface area (TPSA) is 26.3 Å². The van der Waals surface area contributed by atoms with Crippen LogP contribution in [-0.4, -0.2) is 19.0 Å². The molecule has 0 aliphatic rings. The van der Waals surface area contributed by atoms with Gasteiger partial charge in [-0.25, -0.2) is 4.39 Å². The molecule has 0 aliphatic heterocycles. The minimum Gasteiger partial charge on any atom is -0.374 e. The number of ether oxygens (including phenoxy) is 1. The van der Waals surface area contributed by atoms with Crippen LogP contribution in [0.25, 0.3) is 0 Å². The third-order valence-electron chi connectivity index (χ3n) is 2.31. The van der Waals surface area contributed by atoms with Crippen LogP contribution in [0.3, 0.4) is 0 Å². The summed E-state index contributed by atoms with van der Waals surface area (Å²) >= 11 is 0. The van der Waals surface area contributed by atoms with E-state index < -0.39 is 0 Å². The molecule has 0 heterocycles. The maximum absolute atomic E-state index is 13.0. The average molecular weight is 224 g/mol. The zero-order valence-corrected chi connectivity index (χ0v) is 9.75. The summed E-state index contributed by atoms with van der Waals surface area (Å²) in [6, 6.07) is 4.49. The summed E-state index contributed by atoms with van der Waals surface area (Å²) in [4.78, 5) is 11.5. The highest BCUT2D eigenvalue weighted by atomic mass is 19.1. The maximum atomic E-state index is 13.0. The van der Waals surface area contributed by atoms with Gasteiger partial charge in [-0.3, -0.25) is 4.79 Å². The molecule has 0 N–H and O–H groups in total. The number of carbonyl (C=O) groups excluding carboxylic acids is 1. The first kappa shape index (κ1) is 12.8. The van der Waals surface area contributed by atoms with E-state index in [9.17, 15) is 9.18 Å². The summed E-state index contributed by atoms with van der Waals surface area (Å²) in [7, 11) is 0. The molecule has 0 spiro atoms. The third-order valence-corrected chi connectivity index (χ3v) is 2.31. The Labute approximate surface area is 95.4 Å². The van der Waals surface area contributed by atoms with Crippen LogP contribution < -0.4 is 0 Å². The van der Waals surface area contributed by atoms with Gasteiger partial charge in [0.1, 0.15) is 12.4 Å². The van der Waals surface area contributed by atoms with Crippen LogP contribution in [0, 0.1) is 12.7 Å². The third kappa shape index (κ3) is 4.11. The van der Waals surface area contributed by atoms with Gasteiger partial charge in [0, 0.05) is 13.0 Å². The van der Waals surface area contributed by atoms with Crippen molar-refractivity contribution in [2.45, 2.75) is 26.7 Å². The Balaban J connectivity index is 2.52. The fraction of sp³-hybridized carbons (Fsp3) is 0.462. The number of carbonyl (C=O) groups is 1. The highest BCUT2D eigenvalue weighted by Gasteiger charge is 2.07. The van der Waals surface area contributed by atoms with Gasteiger partial charge < -0.3 is 4.74 Å². The van der Waals surface area contributed by atoms with Gasteiger partial charge in [-0.2, -0.15) is 0 Å². The molecule has 1 rings (SSSR count). The van der Waals surface area contributed by atoms with E-state index in [0.717, 1.165) is 17.5 Å². The normalized spacial score (nSPS) is 10.4. The lowest BCUT2D eigenvalue weighted by Crippen LogP contribution is -2.12. The smallest absolute Gasteiger partial charge is 0.162 e. The molecule has 0 fully saturated rings. The first-order valence-electron chi connectivity index (χ1n) is 5.48. The van der Waals surface area contributed by atoms with Gasteiger partial charge in [0.15, 0.2) is 5.78 Å². The van der Waals surface area contributed by atoms with Crippen LogP contribution in [0.15, 0.2) is 18.2 Å². The molecule has 0 bridgehead atoms. The Bertz CT molecular complexity index is 361. The van der Waals surface area contributed by atoms with Gasteiger partial charge in [0.05, 0.1) is 0 Å². The Hall–Kier alpha value is -1.22. The highest BCUT2D eigenvalue weighted by molar-refractivity contribution is 5.82. The van der Waals surface area contributed by atoms with Crippen LogP contribution in [-0.2, 0) is 16.0 Å². The lowest BCUT2D eigenvalue weighted by molar-refractivity contribution is -0.122. The van der Waals surface area contributed by atoms with Crippen LogP contribution in [0.1, 0.15) is 24.5 Å². The van der Waals surface area contributed by atoms with Gasteiger partial charge >= 0.3 is 0 Å². The van der Waals surface area contributed by atoms with E-state index in [1.54, 1.807) is 6.07 Å². The van der Waals surface area contributed by atoms with Crippen molar-refractivity contribution in [1.82, 2.24) is 0 Å².